The van der Waals surface area contributed by atoms with Crippen molar-refractivity contribution in [3.8, 4) is 11.5 Å². The van der Waals surface area contributed by atoms with Crippen LogP contribution in [0.25, 0.3) is 0 Å². The SMILES string of the molecule is O=C(O)c1ccc([N+](=O)[O-])c(Oc2ccccc2F)c1. The predicted molar refractivity (Wildman–Crippen MR) is 66.5 cm³/mol. The summed E-state index contributed by atoms with van der Waals surface area (Å²) in [7, 11) is 0. The van der Waals surface area contributed by atoms with Gasteiger partial charge in [0.15, 0.2) is 11.6 Å². The molecule has 0 saturated carbocycles. The van der Waals surface area contributed by atoms with E-state index in [1.165, 1.54) is 18.2 Å². The highest BCUT2D eigenvalue weighted by Crippen LogP contribution is 2.33. The summed E-state index contributed by atoms with van der Waals surface area (Å²) in [4.78, 5) is 21.0. The zero-order chi connectivity index (χ0) is 14.7. The van der Waals surface area contributed by atoms with Crippen molar-refractivity contribution in [3.05, 3.63) is 64.0 Å². The fourth-order valence-electron chi connectivity index (χ4n) is 1.53. The monoisotopic (exact) mass is 277 g/mol. The van der Waals surface area contributed by atoms with Crippen LogP contribution in [-0.2, 0) is 0 Å². The smallest absolute Gasteiger partial charge is 0.335 e. The minimum absolute atomic E-state index is 0.193. The Labute approximate surface area is 112 Å². The molecule has 0 spiro atoms. The van der Waals surface area contributed by atoms with Gasteiger partial charge in [0.2, 0.25) is 5.75 Å². The van der Waals surface area contributed by atoms with Gasteiger partial charge in [0, 0.05) is 12.1 Å². The van der Waals surface area contributed by atoms with E-state index in [0.29, 0.717) is 0 Å². The highest BCUT2D eigenvalue weighted by molar-refractivity contribution is 5.88. The molecule has 6 nitrogen and oxygen atoms in total. The Balaban J connectivity index is 2.48. The molecule has 0 aliphatic heterocycles. The molecular weight excluding hydrogens is 269 g/mol. The van der Waals surface area contributed by atoms with Gasteiger partial charge in [-0.1, -0.05) is 12.1 Å². The Morgan fingerprint density at radius 3 is 2.50 bits per heavy atom. The van der Waals surface area contributed by atoms with Crippen LogP contribution in [0.3, 0.4) is 0 Å². The molecule has 0 atom stereocenters. The molecule has 0 saturated heterocycles. The molecule has 0 fully saturated rings. The number of halogens is 1. The standard InChI is InChI=1S/C13H8FNO5/c14-9-3-1-2-4-11(9)20-12-7-8(13(16)17)5-6-10(12)15(18)19/h1-7H,(H,16,17). The summed E-state index contributed by atoms with van der Waals surface area (Å²) in [6.07, 6.45) is 0. The molecule has 0 heterocycles. The average Bonchev–Trinajstić information content (AvgIpc) is 2.41. The zero-order valence-corrected chi connectivity index (χ0v) is 9.95. The van der Waals surface area contributed by atoms with E-state index in [4.69, 9.17) is 9.84 Å². The summed E-state index contributed by atoms with van der Waals surface area (Å²) in [5.74, 6) is -2.53. The lowest BCUT2D eigenvalue weighted by Crippen LogP contribution is -2.00. The Kier molecular flexibility index (Phi) is 3.60. The molecule has 0 radical (unpaired) electrons. The summed E-state index contributed by atoms with van der Waals surface area (Å²) in [5.41, 5.74) is -0.639. The van der Waals surface area contributed by atoms with Crippen molar-refractivity contribution in [3.63, 3.8) is 0 Å². The first-order chi connectivity index (χ1) is 9.49. The number of nitro groups is 1. The number of carbonyl (C=O) groups is 1. The number of hydrogen-bond acceptors (Lipinski definition) is 4. The molecule has 0 unspecified atom stereocenters. The van der Waals surface area contributed by atoms with Crippen molar-refractivity contribution in [1.29, 1.82) is 0 Å². The molecule has 102 valence electrons. The van der Waals surface area contributed by atoms with Crippen LogP contribution < -0.4 is 4.74 Å². The number of carboxylic acids is 1. The fourth-order valence-corrected chi connectivity index (χ4v) is 1.53. The first-order valence-corrected chi connectivity index (χ1v) is 5.43. The Morgan fingerprint density at radius 2 is 1.90 bits per heavy atom. The van der Waals surface area contributed by atoms with E-state index in [9.17, 15) is 19.3 Å². The van der Waals surface area contributed by atoms with Crippen molar-refractivity contribution < 1.29 is 24.0 Å². The third-order valence-electron chi connectivity index (χ3n) is 2.46. The van der Waals surface area contributed by atoms with E-state index < -0.39 is 22.4 Å². The summed E-state index contributed by atoms with van der Waals surface area (Å²) in [6, 6.07) is 8.39. The Morgan fingerprint density at radius 1 is 1.20 bits per heavy atom. The maximum atomic E-state index is 13.5. The van der Waals surface area contributed by atoms with Crippen LogP contribution in [0.1, 0.15) is 10.4 Å². The summed E-state index contributed by atoms with van der Waals surface area (Å²) < 4.78 is 18.6. The van der Waals surface area contributed by atoms with Crippen LogP contribution in [0.4, 0.5) is 10.1 Å². The topological polar surface area (TPSA) is 89.7 Å². The molecule has 0 aliphatic rings. The second-order valence-electron chi connectivity index (χ2n) is 3.78. The van der Waals surface area contributed by atoms with Crippen molar-refractivity contribution in [1.82, 2.24) is 0 Å². The van der Waals surface area contributed by atoms with Crippen LogP contribution in [0, 0.1) is 15.9 Å². The maximum absolute atomic E-state index is 13.5. The molecule has 0 aliphatic carbocycles. The minimum atomic E-state index is -1.27. The lowest BCUT2D eigenvalue weighted by Gasteiger charge is -2.07. The van der Waals surface area contributed by atoms with E-state index in [-0.39, 0.29) is 17.1 Å². The fraction of sp³-hybridized carbons (Fsp3) is 0. The quantitative estimate of drug-likeness (QED) is 0.684. The van der Waals surface area contributed by atoms with E-state index >= 15 is 0 Å². The predicted octanol–water partition coefficient (Wildman–Crippen LogP) is 3.22. The van der Waals surface area contributed by atoms with E-state index in [0.717, 1.165) is 24.3 Å². The van der Waals surface area contributed by atoms with Crippen LogP contribution in [0.5, 0.6) is 11.5 Å². The number of ether oxygens (including phenoxy) is 1. The number of hydrogen-bond donors (Lipinski definition) is 1. The molecule has 0 bridgehead atoms. The second kappa shape index (κ2) is 5.35. The van der Waals surface area contributed by atoms with Crippen LogP contribution in [0.15, 0.2) is 42.5 Å². The molecule has 0 amide bonds. The van der Waals surface area contributed by atoms with Gasteiger partial charge in [-0.2, -0.15) is 0 Å². The van der Waals surface area contributed by atoms with Gasteiger partial charge in [0.05, 0.1) is 10.5 Å². The third-order valence-corrected chi connectivity index (χ3v) is 2.46. The molecule has 20 heavy (non-hydrogen) atoms. The number of aromatic carboxylic acids is 1. The largest absolute Gasteiger partial charge is 0.478 e. The molecule has 0 aromatic heterocycles. The zero-order valence-electron chi connectivity index (χ0n) is 9.95. The summed E-state index contributed by atoms with van der Waals surface area (Å²) in [6.45, 7) is 0. The molecule has 2 rings (SSSR count). The first-order valence-electron chi connectivity index (χ1n) is 5.43. The number of para-hydroxylation sites is 1. The number of benzene rings is 2. The average molecular weight is 277 g/mol. The highest BCUT2D eigenvalue weighted by atomic mass is 19.1. The van der Waals surface area contributed by atoms with Crippen molar-refractivity contribution in [2.75, 3.05) is 0 Å². The van der Waals surface area contributed by atoms with Gasteiger partial charge in [-0.25, -0.2) is 9.18 Å². The molecule has 2 aromatic rings. The number of carboxylic acid groups (broad SMARTS) is 1. The molecular formula is C13H8FNO5. The van der Waals surface area contributed by atoms with Gasteiger partial charge in [-0.3, -0.25) is 10.1 Å². The van der Waals surface area contributed by atoms with Crippen LogP contribution in [-0.4, -0.2) is 16.0 Å². The number of nitro benzene ring substituents is 1. The summed E-state index contributed by atoms with van der Waals surface area (Å²) in [5, 5.41) is 19.7. The minimum Gasteiger partial charge on any atom is -0.478 e. The van der Waals surface area contributed by atoms with Crippen LogP contribution >= 0.6 is 0 Å². The third kappa shape index (κ3) is 2.72. The van der Waals surface area contributed by atoms with E-state index in [2.05, 4.69) is 0 Å². The normalized spacial score (nSPS) is 10.1. The van der Waals surface area contributed by atoms with Gasteiger partial charge in [0.25, 0.3) is 0 Å². The lowest BCUT2D eigenvalue weighted by atomic mass is 10.2. The van der Waals surface area contributed by atoms with Crippen molar-refractivity contribution in [2.45, 2.75) is 0 Å². The highest BCUT2D eigenvalue weighted by Gasteiger charge is 2.19. The van der Waals surface area contributed by atoms with Gasteiger partial charge < -0.3 is 9.84 Å². The molecule has 7 heteroatoms. The van der Waals surface area contributed by atoms with Gasteiger partial charge in [-0.05, 0) is 18.2 Å². The van der Waals surface area contributed by atoms with Crippen LogP contribution in [0.2, 0.25) is 0 Å². The Hall–Kier alpha value is -2.96. The lowest BCUT2D eigenvalue weighted by molar-refractivity contribution is -0.385. The summed E-state index contributed by atoms with van der Waals surface area (Å²) >= 11 is 0. The van der Waals surface area contributed by atoms with Gasteiger partial charge >= 0.3 is 11.7 Å². The van der Waals surface area contributed by atoms with Crippen molar-refractivity contribution in [2.24, 2.45) is 0 Å². The van der Waals surface area contributed by atoms with Gasteiger partial charge in [-0.15, -0.1) is 0 Å². The molecule has 2 aromatic carbocycles. The van der Waals surface area contributed by atoms with E-state index in [1.807, 2.05) is 0 Å². The van der Waals surface area contributed by atoms with E-state index in [1.54, 1.807) is 0 Å². The maximum Gasteiger partial charge on any atom is 0.335 e. The van der Waals surface area contributed by atoms with Gasteiger partial charge in [0.1, 0.15) is 0 Å². The number of rotatable bonds is 4. The number of nitrogens with zero attached hydrogens (tertiary/aromatic N) is 1. The van der Waals surface area contributed by atoms with Crippen molar-refractivity contribution >= 4 is 11.7 Å². The molecule has 1 N–H and O–H groups in total. The second-order valence-corrected chi connectivity index (χ2v) is 3.78. The Bertz CT molecular complexity index is 686. The first kappa shape index (κ1) is 13.5.